The Bertz CT molecular complexity index is 1340. The van der Waals surface area contributed by atoms with Crippen molar-refractivity contribution in [1.82, 2.24) is 20.6 Å². The van der Waals surface area contributed by atoms with Gasteiger partial charge in [-0.2, -0.15) is 0 Å². The third kappa shape index (κ3) is 5.61. The van der Waals surface area contributed by atoms with Gasteiger partial charge in [-0.25, -0.2) is 9.18 Å². The fraction of sp³-hybridized carbons (Fsp3) is 0.200. The highest BCUT2D eigenvalue weighted by Crippen LogP contribution is 2.39. The van der Waals surface area contributed by atoms with Crippen LogP contribution in [0.3, 0.4) is 0 Å². The minimum atomic E-state index is -0.606. The number of ether oxygens (including phenoxy) is 1. The monoisotopic (exact) mass is 493 g/mol. The van der Waals surface area contributed by atoms with E-state index < -0.39 is 5.82 Å². The number of hydrogen-bond donors (Lipinski definition) is 3. The van der Waals surface area contributed by atoms with Gasteiger partial charge in [-0.05, 0) is 30.3 Å². The number of pyridine rings is 2. The van der Waals surface area contributed by atoms with E-state index in [1.807, 2.05) is 19.9 Å². The van der Waals surface area contributed by atoms with Crippen molar-refractivity contribution in [3.63, 3.8) is 0 Å². The molecule has 0 atom stereocenters. The maximum absolute atomic E-state index is 14.7. The summed E-state index contributed by atoms with van der Waals surface area (Å²) in [5.74, 6) is -0.123. The average Bonchev–Trinajstić information content (AvgIpc) is 3.30. The molecule has 180 valence electrons. The second kappa shape index (κ2) is 11.0. The number of urea groups is 1. The lowest BCUT2D eigenvalue weighted by molar-refractivity contribution is 0.112. The van der Waals surface area contributed by atoms with Crippen LogP contribution in [-0.4, -0.2) is 41.4 Å². The van der Waals surface area contributed by atoms with E-state index in [1.54, 1.807) is 30.5 Å². The van der Waals surface area contributed by atoms with E-state index >= 15 is 0 Å². The minimum Gasteiger partial charge on any atom is -0.453 e. The van der Waals surface area contributed by atoms with Crippen molar-refractivity contribution in [2.24, 2.45) is 0 Å². The first-order chi connectivity index (χ1) is 17.1. The van der Waals surface area contributed by atoms with E-state index in [1.165, 1.54) is 29.7 Å². The number of hydrogen-bond acceptors (Lipinski definition) is 7. The van der Waals surface area contributed by atoms with Crippen LogP contribution in [0.25, 0.3) is 20.8 Å². The highest BCUT2D eigenvalue weighted by Gasteiger charge is 2.19. The molecule has 3 aromatic heterocycles. The predicted molar refractivity (Wildman–Crippen MR) is 135 cm³/mol. The molecule has 1 fully saturated rings. The largest absolute Gasteiger partial charge is 0.453 e. The summed E-state index contributed by atoms with van der Waals surface area (Å²) in [5.41, 5.74) is 2.21. The van der Waals surface area contributed by atoms with Gasteiger partial charge in [0.25, 0.3) is 0 Å². The Morgan fingerprint density at radius 3 is 2.63 bits per heavy atom. The van der Waals surface area contributed by atoms with Crippen LogP contribution >= 0.6 is 11.3 Å². The molecule has 4 aromatic rings. The molecule has 8 nitrogen and oxygen atoms in total. The van der Waals surface area contributed by atoms with Gasteiger partial charge in [-0.3, -0.25) is 14.8 Å². The smallest absolute Gasteiger partial charge is 0.319 e. The number of carbonyl (C=O) groups excluding carboxylic acids is 2. The number of amides is 2. The summed E-state index contributed by atoms with van der Waals surface area (Å²) in [6, 6.07) is 10.9. The quantitative estimate of drug-likeness (QED) is 0.318. The van der Waals surface area contributed by atoms with Gasteiger partial charge in [0.05, 0.1) is 26.8 Å². The number of carbonyl (C=O) groups is 2. The highest BCUT2D eigenvalue weighted by atomic mass is 32.1. The normalized spacial score (nSPS) is 12.8. The Kier molecular flexibility index (Phi) is 7.64. The first kappa shape index (κ1) is 24.2. The van der Waals surface area contributed by atoms with E-state index in [2.05, 4.69) is 25.9 Å². The topological polar surface area (TPSA) is 105 Å². The van der Waals surface area contributed by atoms with Crippen molar-refractivity contribution < 1.29 is 18.7 Å². The van der Waals surface area contributed by atoms with E-state index in [-0.39, 0.29) is 17.8 Å². The van der Waals surface area contributed by atoms with Crippen molar-refractivity contribution in [3.05, 3.63) is 66.2 Å². The lowest BCUT2D eigenvalue weighted by Crippen LogP contribution is -2.57. The average molecular weight is 494 g/mol. The van der Waals surface area contributed by atoms with Gasteiger partial charge in [-0.1, -0.05) is 13.8 Å². The molecule has 1 saturated heterocycles. The number of benzene rings is 1. The Morgan fingerprint density at radius 1 is 1.14 bits per heavy atom. The van der Waals surface area contributed by atoms with Gasteiger partial charge in [-0.15, -0.1) is 11.3 Å². The Labute approximate surface area is 205 Å². The third-order valence-corrected chi connectivity index (χ3v) is 6.24. The van der Waals surface area contributed by atoms with Crippen LogP contribution in [0.4, 0.5) is 14.9 Å². The molecule has 0 unspecified atom stereocenters. The summed E-state index contributed by atoms with van der Waals surface area (Å²) in [6.45, 7) is 5.44. The molecular formula is C25H24FN5O3S. The van der Waals surface area contributed by atoms with E-state index in [0.717, 1.165) is 29.0 Å². The molecule has 4 heterocycles. The second-order valence-corrected chi connectivity index (χ2v) is 8.48. The molecule has 0 aliphatic carbocycles. The number of nitrogens with one attached hydrogen (secondary N) is 3. The molecule has 1 aromatic carbocycles. The number of halogens is 1. The molecule has 0 bridgehead atoms. The summed E-state index contributed by atoms with van der Waals surface area (Å²) in [5, 5.41) is 8.47. The summed E-state index contributed by atoms with van der Waals surface area (Å²) in [6.07, 6.45) is 3.83. The minimum absolute atomic E-state index is 0.0278. The molecule has 0 radical (unpaired) electrons. The molecule has 5 rings (SSSR count). The molecule has 0 saturated carbocycles. The van der Waals surface area contributed by atoms with E-state index in [9.17, 15) is 14.0 Å². The van der Waals surface area contributed by atoms with Gasteiger partial charge < -0.3 is 20.7 Å². The van der Waals surface area contributed by atoms with Crippen LogP contribution in [0.15, 0.2) is 54.9 Å². The van der Waals surface area contributed by atoms with E-state index in [4.69, 9.17) is 4.74 Å². The molecule has 2 amide bonds. The van der Waals surface area contributed by atoms with Crippen LogP contribution in [0.2, 0.25) is 0 Å². The number of fused-ring (bicyclic) bond motifs is 1. The van der Waals surface area contributed by atoms with Crippen molar-refractivity contribution in [2.45, 2.75) is 19.9 Å². The number of rotatable bonds is 6. The zero-order valence-electron chi connectivity index (χ0n) is 19.2. The fourth-order valence-corrected chi connectivity index (χ4v) is 4.31. The molecule has 0 spiro atoms. The van der Waals surface area contributed by atoms with Crippen molar-refractivity contribution in [1.29, 1.82) is 0 Å². The first-order valence-electron chi connectivity index (χ1n) is 11.1. The lowest BCUT2D eigenvalue weighted by Gasteiger charge is -2.27. The second-order valence-electron chi connectivity index (χ2n) is 7.43. The van der Waals surface area contributed by atoms with Gasteiger partial charge >= 0.3 is 6.03 Å². The summed E-state index contributed by atoms with van der Waals surface area (Å²) in [4.78, 5) is 32.3. The summed E-state index contributed by atoms with van der Waals surface area (Å²) in [7, 11) is 0. The number of thiophene rings is 1. The summed E-state index contributed by atoms with van der Waals surface area (Å²) < 4.78 is 21.3. The van der Waals surface area contributed by atoms with Gasteiger partial charge in [0, 0.05) is 48.9 Å². The molecule has 10 heteroatoms. The number of aldehydes is 1. The summed E-state index contributed by atoms with van der Waals surface area (Å²) >= 11 is 1.41. The Morgan fingerprint density at radius 2 is 1.97 bits per heavy atom. The fourth-order valence-electron chi connectivity index (χ4n) is 3.27. The van der Waals surface area contributed by atoms with Gasteiger partial charge in [0.2, 0.25) is 0 Å². The molecule has 1 aliphatic heterocycles. The standard InChI is InChI=1S/C23H18FN5O3S.C2H6/c24-16-7-14(28-23(31)29-15-10-25-11-15)2-4-19(16)32-20-5-6-26-18-8-21(33-22(18)20)17-3-1-13(12-30)9-27-17;1-2/h1-9,12,15,25H,10-11H2,(H2,28,29,31);1-2H3. The van der Waals surface area contributed by atoms with Crippen molar-refractivity contribution >= 4 is 39.6 Å². The van der Waals surface area contributed by atoms with E-state index in [0.29, 0.717) is 28.2 Å². The van der Waals surface area contributed by atoms with Crippen LogP contribution in [-0.2, 0) is 0 Å². The maximum atomic E-state index is 14.7. The zero-order chi connectivity index (χ0) is 24.8. The van der Waals surface area contributed by atoms with Gasteiger partial charge in [0.15, 0.2) is 17.9 Å². The number of anilines is 1. The number of aromatic nitrogens is 2. The van der Waals surface area contributed by atoms with Crippen molar-refractivity contribution in [3.8, 4) is 22.1 Å². The SMILES string of the molecule is CC.O=Cc1ccc(-c2cc3nccc(Oc4ccc(NC(=O)NC5CNC5)cc4F)c3s2)nc1. The van der Waals surface area contributed by atoms with Crippen molar-refractivity contribution in [2.75, 3.05) is 18.4 Å². The molecular weight excluding hydrogens is 469 g/mol. The van der Waals surface area contributed by atoms with Crippen LogP contribution in [0, 0.1) is 5.82 Å². The van der Waals surface area contributed by atoms with Crippen LogP contribution < -0.4 is 20.7 Å². The lowest BCUT2D eigenvalue weighted by atomic mass is 10.2. The Hall–Kier alpha value is -3.89. The number of nitrogens with zero attached hydrogens (tertiary/aromatic N) is 2. The molecule has 1 aliphatic rings. The predicted octanol–water partition coefficient (Wildman–Crippen LogP) is 5.22. The molecule has 35 heavy (non-hydrogen) atoms. The first-order valence-corrected chi connectivity index (χ1v) is 12.0. The third-order valence-electron chi connectivity index (χ3n) is 5.08. The molecule has 3 N–H and O–H groups in total. The maximum Gasteiger partial charge on any atom is 0.319 e. The van der Waals surface area contributed by atoms with Crippen LogP contribution in [0.1, 0.15) is 24.2 Å². The highest BCUT2D eigenvalue weighted by molar-refractivity contribution is 7.22. The zero-order valence-corrected chi connectivity index (χ0v) is 20.0. The Balaban J connectivity index is 0.00000141. The van der Waals surface area contributed by atoms with Gasteiger partial charge in [0.1, 0.15) is 5.75 Å². The van der Waals surface area contributed by atoms with Crippen LogP contribution in [0.5, 0.6) is 11.5 Å².